The number of aromatic nitrogens is 1. The number of hydrogen-bond donors (Lipinski definition) is 0. The summed E-state index contributed by atoms with van der Waals surface area (Å²) in [4.78, 5) is 2.43. The van der Waals surface area contributed by atoms with E-state index >= 15 is 0 Å². The number of benzene rings is 13. The zero-order valence-corrected chi connectivity index (χ0v) is 42.3. The average Bonchev–Trinajstić information content (AvgIpc) is 4.19. The lowest BCUT2D eigenvalue weighted by molar-refractivity contribution is 0.768. The quantitative estimate of drug-likeness (QED) is 0.140. The van der Waals surface area contributed by atoms with Gasteiger partial charge < -0.3 is 9.47 Å². The van der Waals surface area contributed by atoms with Crippen molar-refractivity contribution in [2.24, 2.45) is 0 Å². The molecule has 1 heterocycles. The standard InChI is InChI=1S/C75H50N2/c1-3-21-58(22-4-1)75(59-23-5-2-6-24-59)70-30-13-11-27-66(70)67-47-46-62(50-71(67)75)76(61-44-39-56(40-45-61)64-29-15-19-54-17-7-9-25-63(54)64)60-42-37-52(38-43-60)51-33-35-53(36-34-51)57-41-48-74-69(49-57)68-28-12-14-31-73(68)77(74)72-32-16-20-55-18-8-10-26-65(55)72/h1-50H. The van der Waals surface area contributed by atoms with Crippen molar-refractivity contribution in [3.05, 3.63) is 326 Å². The summed E-state index contributed by atoms with van der Waals surface area (Å²) < 4.78 is 2.43. The third-order valence-electron chi connectivity index (χ3n) is 16.3. The van der Waals surface area contributed by atoms with Crippen LogP contribution in [-0.4, -0.2) is 4.57 Å². The van der Waals surface area contributed by atoms with Gasteiger partial charge in [-0.1, -0.05) is 243 Å². The Bertz CT molecular complexity index is 4480. The van der Waals surface area contributed by atoms with E-state index in [1.807, 2.05) is 0 Å². The van der Waals surface area contributed by atoms with Gasteiger partial charge in [0.2, 0.25) is 0 Å². The maximum absolute atomic E-state index is 2.46. The van der Waals surface area contributed by atoms with E-state index in [2.05, 4.69) is 313 Å². The molecule has 0 amide bonds. The zero-order chi connectivity index (χ0) is 50.9. The largest absolute Gasteiger partial charge is 0.310 e. The van der Waals surface area contributed by atoms with E-state index in [-0.39, 0.29) is 0 Å². The number of fused-ring (bicyclic) bond motifs is 8. The summed E-state index contributed by atoms with van der Waals surface area (Å²) in [6.07, 6.45) is 0. The minimum Gasteiger partial charge on any atom is -0.310 e. The summed E-state index contributed by atoms with van der Waals surface area (Å²) in [7, 11) is 0. The number of hydrogen-bond acceptors (Lipinski definition) is 1. The molecule has 15 rings (SSSR count). The molecular formula is C75H50N2. The SMILES string of the molecule is c1ccc(C2(c3ccccc3)c3ccccc3-c3ccc(N(c4ccc(-c5ccc(-c6ccc7c(c6)c6ccccc6n7-c6cccc7ccccc67)cc5)cc4)c4ccc(-c5cccc6ccccc56)cc4)cc32)cc1. The molecule has 2 heteroatoms. The van der Waals surface area contributed by atoms with Crippen molar-refractivity contribution in [3.63, 3.8) is 0 Å². The van der Waals surface area contributed by atoms with Gasteiger partial charge in [0.25, 0.3) is 0 Å². The van der Waals surface area contributed by atoms with E-state index in [9.17, 15) is 0 Å². The first-order chi connectivity index (χ1) is 38.2. The first-order valence-electron chi connectivity index (χ1n) is 26.7. The van der Waals surface area contributed by atoms with Crippen molar-refractivity contribution in [1.29, 1.82) is 0 Å². The molecule has 1 aliphatic carbocycles. The molecule has 0 spiro atoms. The maximum atomic E-state index is 2.46. The van der Waals surface area contributed by atoms with Crippen molar-refractivity contribution in [2.45, 2.75) is 5.41 Å². The lowest BCUT2D eigenvalue weighted by Gasteiger charge is -2.35. The highest BCUT2D eigenvalue weighted by Gasteiger charge is 2.46. The molecule has 1 aromatic heterocycles. The van der Waals surface area contributed by atoms with Crippen LogP contribution in [-0.2, 0) is 5.41 Å². The van der Waals surface area contributed by atoms with E-state index in [0.717, 1.165) is 22.6 Å². The van der Waals surface area contributed by atoms with Crippen molar-refractivity contribution < 1.29 is 0 Å². The molecule has 0 fully saturated rings. The fourth-order valence-corrected chi connectivity index (χ4v) is 12.8. The third kappa shape index (κ3) is 7.18. The van der Waals surface area contributed by atoms with Crippen LogP contribution < -0.4 is 4.90 Å². The molecule has 0 bridgehead atoms. The molecule has 0 N–H and O–H groups in total. The number of para-hydroxylation sites is 1. The highest BCUT2D eigenvalue weighted by Crippen LogP contribution is 2.57. The predicted octanol–water partition coefficient (Wildman–Crippen LogP) is 19.9. The van der Waals surface area contributed by atoms with Crippen LogP contribution in [0.25, 0.3) is 93.5 Å². The predicted molar refractivity (Wildman–Crippen MR) is 324 cm³/mol. The lowest BCUT2D eigenvalue weighted by Crippen LogP contribution is -2.28. The minimum absolute atomic E-state index is 0.521. The summed E-state index contributed by atoms with van der Waals surface area (Å²) >= 11 is 0. The Hall–Kier alpha value is -10.0. The van der Waals surface area contributed by atoms with Gasteiger partial charge in [0, 0.05) is 33.2 Å². The topological polar surface area (TPSA) is 8.17 Å². The Morgan fingerprint density at radius 2 is 0.727 bits per heavy atom. The highest BCUT2D eigenvalue weighted by atomic mass is 15.1. The highest BCUT2D eigenvalue weighted by molar-refractivity contribution is 6.12. The molecule has 0 aliphatic heterocycles. The average molecular weight is 979 g/mol. The van der Waals surface area contributed by atoms with Crippen molar-refractivity contribution >= 4 is 60.4 Å². The van der Waals surface area contributed by atoms with E-state index in [1.54, 1.807) is 0 Å². The van der Waals surface area contributed by atoms with Gasteiger partial charge in [-0.3, -0.25) is 0 Å². The number of nitrogens with zero attached hydrogens (tertiary/aromatic N) is 2. The molecule has 77 heavy (non-hydrogen) atoms. The van der Waals surface area contributed by atoms with Gasteiger partial charge in [0.15, 0.2) is 0 Å². The van der Waals surface area contributed by atoms with Gasteiger partial charge in [0.05, 0.1) is 22.1 Å². The molecule has 1 aliphatic rings. The van der Waals surface area contributed by atoms with Gasteiger partial charge in [-0.05, 0) is 144 Å². The van der Waals surface area contributed by atoms with Crippen LogP contribution in [0.15, 0.2) is 303 Å². The molecular weight excluding hydrogens is 929 g/mol. The van der Waals surface area contributed by atoms with Crippen LogP contribution in [0.3, 0.4) is 0 Å². The van der Waals surface area contributed by atoms with Crippen LogP contribution in [0.1, 0.15) is 22.3 Å². The Kier molecular flexibility index (Phi) is 10.5. The van der Waals surface area contributed by atoms with Crippen LogP contribution in [0, 0.1) is 0 Å². The molecule has 13 aromatic carbocycles. The van der Waals surface area contributed by atoms with Crippen molar-refractivity contribution in [1.82, 2.24) is 4.57 Å². The van der Waals surface area contributed by atoms with Crippen molar-refractivity contribution in [2.75, 3.05) is 4.90 Å². The molecule has 0 unspecified atom stereocenters. The molecule has 14 aromatic rings. The summed E-state index contributed by atoms with van der Waals surface area (Å²) in [6.45, 7) is 0. The molecule has 360 valence electrons. The molecule has 0 radical (unpaired) electrons. The second-order valence-electron chi connectivity index (χ2n) is 20.4. The van der Waals surface area contributed by atoms with E-state index in [0.29, 0.717) is 0 Å². The normalized spacial score (nSPS) is 12.5. The Balaban J connectivity index is 0.819. The Morgan fingerprint density at radius 1 is 0.260 bits per heavy atom. The van der Waals surface area contributed by atoms with E-state index in [1.165, 1.54) is 110 Å². The Morgan fingerprint density at radius 3 is 1.43 bits per heavy atom. The van der Waals surface area contributed by atoms with Gasteiger partial charge in [-0.2, -0.15) is 0 Å². The Labute approximate surface area is 448 Å². The summed E-state index contributed by atoms with van der Waals surface area (Å²) in [6, 6.07) is 112. The summed E-state index contributed by atoms with van der Waals surface area (Å²) in [5.41, 5.74) is 21.1. The maximum Gasteiger partial charge on any atom is 0.0714 e. The van der Waals surface area contributed by atoms with E-state index < -0.39 is 5.41 Å². The molecule has 0 atom stereocenters. The van der Waals surface area contributed by atoms with Crippen molar-refractivity contribution in [3.8, 4) is 50.2 Å². The van der Waals surface area contributed by atoms with Gasteiger partial charge in [-0.15, -0.1) is 0 Å². The van der Waals surface area contributed by atoms with Crippen LogP contribution in [0.5, 0.6) is 0 Å². The van der Waals surface area contributed by atoms with Crippen LogP contribution in [0.2, 0.25) is 0 Å². The second kappa shape index (κ2) is 18.1. The zero-order valence-electron chi connectivity index (χ0n) is 42.3. The summed E-state index contributed by atoms with van der Waals surface area (Å²) in [5.74, 6) is 0. The first-order valence-corrected chi connectivity index (χ1v) is 26.7. The van der Waals surface area contributed by atoms with E-state index in [4.69, 9.17) is 0 Å². The monoisotopic (exact) mass is 978 g/mol. The first kappa shape index (κ1) is 44.5. The molecule has 0 saturated carbocycles. The second-order valence-corrected chi connectivity index (χ2v) is 20.4. The smallest absolute Gasteiger partial charge is 0.0714 e. The van der Waals surface area contributed by atoms with Crippen LogP contribution >= 0.6 is 0 Å². The van der Waals surface area contributed by atoms with Gasteiger partial charge >= 0.3 is 0 Å². The number of rotatable bonds is 9. The fourth-order valence-electron chi connectivity index (χ4n) is 12.8. The lowest BCUT2D eigenvalue weighted by atomic mass is 9.67. The van der Waals surface area contributed by atoms with Gasteiger partial charge in [0.1, 0.15) is 0 Å². The molecule has 2 nitrogen and oxygen atoms in total. The summed E-state index contributed by atoms with van der Waals surface area (Å²) in [5, 5.41) is 7.47. The van der Waals surface area contributed by atoms with Crippen LogP contribution in [0.4, 0.5) is 17.1 Å². The van der Waals surface area contributed by atoms with Gasteiger partial charge in [-0.25, -0.2) is 0 Å². The third-order valence-corrected chi connectivity index (χ3v) is 16.3. The minimum atomic E-state index is -0.521. The number of anilines is 3. The fraction of sp³-hybridized carbons (Fsp3) is 0.0133. The molecule has 0 saturated heterocycles.